The second-order valence-electron chi connectivity index (χ2n) is 4.72. The summed E-state index contributed by atoms with van der Waals surface area (Å²) in [5, 5.41) is 11.7. The minimum atomic E-state index is -1.03. The average Bonchev–Trinajstić information content (AvgIpc) is 3.03. The average molecular weight is 346 g/mol. The van der Waals surface area contributed by atoms with Crippen molar-refractivity contribution >= 4 is 28.9 Å². The van der Waals surface area contributed by atoms with E-state index in [1.807, 2.05) is 48.5 Å². The van der Waals surface area contributed by atoms with E-state index in [1.54, 1.807) is 0 Å². The summed E-state index contributed by atoms with van der Waals surface area (Å²) < 4.78 is 5.63. The highest BCUT2D eigenvalue weighted by Crippen LogP contribution is 2.29. The number of aromatic carboxylic acids is 1. The smallest absolute Gasteiger partial charge is 0.355 e. The van der Waals surface area contributed by atoms with Gasteiger partial charge in [0.2, 0.25) is 0 Å². The van der Waals surface area contributed by atoms with Crippen molar-refractivity contribution in [2.45, 2.75) is 6.61 Å². The Morgan fingerprint density at radius 2 is 1.91 bits per heavy atom. The third-order valence-corrected chi connectivity index (χ3v) is 4.32. The van der Waals surface area contributed by atoms with E-state index < -0.39 is 5.97 Å². The third kappa shape index (κ3) is 3.70. The lowest BCUT2D eigenvalue weighted by Gasteiger charge is -2.07. The molecule has 0 atom stereocenters. The fourth-order valence-corrected chi connectivity index (χ4v) is 2.97. The molecule has 4 nitrogen and oxygen atoms in total. The number of ether oxygens (including phenoxy) is 1. The molecule has 0 bridgehead atoms. The van der Waals surface area contributed by atoms with Crippen LogP contribution in [0.25, 0.3) is 11.1 Å². The van der Waals surface area contributed by atoms with E-state index in [0.29, 0.717) is 15.8 Å². The summed E-state index contributed by atoms with van der Waals surface area (Å²) in [5.41, 5.74) is 2.01. The summed E-state index contributed by atoms with van der Waals surface area (Å²) in [7, 11) is 0. The van der Waals surface area contributed by atoms with Crippen LogP contribution in [0.15, 0.2) is 53.9 Å². The molecule has 0 saturated carbocycles. The number of carboxylic acids is 1. The van der Waals surface area contributed by atoms with E-state index in [2.05, 4.69) is 4.98 Å². The number of halogens is 1. The van der Waals surface area contributed by atoms with Gasteiger partial charge in [-0.05, 0) is 23.8 Å². The molecule has 3 rings (SSSR count). The van der Waals surface area contributed by atoms with E-state index in [1.165, 1.54) is 16.7 Å². The summed E-state index contributed by atoms with van der Waals surface area (Å²) in [4.78, 5) is 14.8. The van der Waals surface area contributed by atoms with Crippen molar-refractivity contribution in [1.29, 1.82) is 0 Å². The molecule has 3 aromatic rings. The van der Waals surface area contributed by atoms with Gasteiger partial charge in [0.1, 0.15) is 17.4 Å². The minimum Gasteiger partial charge on any atom is -0.486 e. The van der Waals surface area contributed by atoms with Crippen LogP contribution in [0.5, 0.6) is 5.75 Å². The largest absolute Gasteiger partial charge is 0.486 e. The molecule has 1 N–H and O–H groups in total. The lowest BCUT2D eigenvalue weighted by atomic mass is 10.1. The second-order valence-corrected chi connectivity index (χ2v) is 6.07. The first-order valence-corrected chi connectivity index (χ1v) is 8.05. The summed E-state index contributed by atoms with van der Waals surface area (Å²) in [6.07, 6.45) is 0. The van der Waals surface area contributed by atoms with Crippen LogP contribution in [-0.4, -0.2) is 16.1 Å². The van der Waals surface area contributed by atoms with Crippen LogP contribution >= 0.6 is 22.9 Å². The molecule has 0 spiro atoms. The second kappa shape index (κ2) is 6.81. The number of thiazole rings is 1. The molecule has 0 saturated heterocycles. The van der Waals surface area contributed by atoms with E-state index in [0.717, 1.165) is 11.1 Å². The van der Waals surface area contributed by atoms with Crippen LogP contribution in [-0.2, 0) is 6.61 Å². The fraction of sp³-hybridized carbons (Fsp3) is 0.0588. The Bertz CT molecular complexity index is 830. The topological polar surface area (TPSA) is 59.4 Å². The number of nitrogens with zero attached hydrogens (tertiary/aromatic N) is 1. The van der Waals surface area contributed by atoms with E-state index in [9.17, 15) is 4.79 Å². The molecule has 1 heterocycles. The van der Waals surface area contributed by atoms with E-state index >= 15 is 0 Å². The van der Waals surface area contributed by atoms with Crippen molar-refractivity contribution in [2.75, 3.05) is 0 Å². The van der Waals surface area contributed by atoms with Gasteiger partial charge in [0.15, 0.2) is 5.69 Å². The van der Waals surface area contributed by atoms with Crippen molar-refractivity contribution in [3.63, 3.8) is 0 Å². The molecule has 0 aliphatic heterocycles. The van der Waals surface area contributed by atoms with Gasteiger partial charge in [-0.2, -0.15) is 0 Å². The Labute approximate surface area is 142 Å². The molecular weight excluding hydrogens is 334 g/mol. The zero-order valence-corrected chi connectivity index (χ0v) is 13.5. The number of aromatic nitrogens is 1. The van der Waals surface area contributed by atoms with Crippen LogP contribution in [0, 0.1) is 0 Å². The molecule has 0 aliphatic carbocycles. The molecule has 0 radical (unpaired) electrons. The summed E-state index contributed by atoms with van der Waals surface area (Å²) in [5.74, 6) is -0.343. The number of benzene rings is 2. The summed E-state index contributed by atoms with van der Waals surface area (Å²) in [6, 6.07) is 15.2. The number of carboxylic acid groups (broad SMARTS) is 1. The van der Waals surface area contributed by atoms with Crippen molar-refractivity contribution in [3.8, 4) is 16.9 Å². The van der Waals surface area contributed by atoms with Gasteiger partial charge in [-0.15, -0.1) is 11.3 Å². The number of rotatable bonds is 5. The number of hydrogen-bond donors (Lipinski definition) is 1. The molecule has 23 heavy (non-hydrogen) atoms. The Hall–Kier alpha value is -2.37. The van der Waals surface area contributed by atoms with Crippen molar-refractivity contribution in [1.82, 2.24) is 4.98 Å². The zero-order chi connectivity index (χ0) is 16.2. The van der Waals surface area contributed by atoms with Gasteiger partial charge in [-0.3, -0.25) is 0 Å². The maximum absolute atomic E-state index is 10.8. The van der Waals surface area contributed by atoms with Crippen molar-refractivity contribution in [3.05, 3.63) is 69.6 Å². The summed E-state index contributed by atoms with van der Waals surface area (Å²) >= 11 is 7.45. The van der Waals surface area contributed by atoms with Gasteiger partial charge < -0.3 is 9.84 Å². The van der Waals surface area contributed by atoms with Crippen LogP contribution in [0.4, 0.5) is 0 Å². The van der Waals surface area contributed by atoms with Crippen molar-refractivity contribution in [2.24, 2.45) is 0 Å². The van der Waals surface area contributed by atoms with Crippen LogP contribution in [0.1, 0.15) is 15.5 Å². The highest BCUT2D eigenvalue weighted by molar-refractivity contribution is 7.09. The van der Waals surface area contributed by atoms with Crippen LogP contribution in [0.3, 0.4) is 0 Å². The normalized spacial score (nSPS) is 10.5. The maximum atomic E-state index is 10.8. The molecule has 6 heteroatoms. The van der Waals surface area contributed by atoms with Crippen LogP contribution < -0.4 is 4.74 Å². The molecule has 0 amide bonds. The molecule has 0 unspecified atom stereocenters. The highest BCUT2D eigenvalue weighted by atomic mass is 35.5. The maximum Gasteiger partial charge on any atom is 0.355 e. The first kappa shape index (κ1) is 15.5. The summed E-state index contributed by atoms with van der Waals surface area (Å²) in [6.45, 7) is 0.239. The lowest BCUT2D eigenvalue weighted by molar-refractivity contribution is 0.0691. The predicted molar refractivity (Wildman–Crippen MR) is 90.3 cm³/mol. The minimum absolute atomic E-state index is 0.0441. The van der Waals surface area contributed by atoms with Crippen LogP contribution in [0.2, 0.25) is 5.02 Å². The van der Waals surface area contributed by atoms with Crippen molar-refractivity contribution < 1.29 is 14.6 Å². The van der Waals surface area contributed by atoms with E-state index in [-0.39, 0.29) is 12.3 Å². The van der Waals surface area contributed by atoms with Gasteiger partial charge >= 0.3 is 5.97 Å². The standard InChI is InChI=1S/C17H12ClNO3S/c18-14-4-2-1-3-13(14)11-5-7-12(8-6-11)22-9-16-19-15(10-23-16)17(20)21/h1-8,10H,9H2,(H,20,21). The first-order valence-electron chi connectivity index (χ1n) is 6.79. The molecule has 0 fully saturated rings. The van der Waals surface area contributed by atoms with Gasteiger partial charge in [0, 0.05) is 16.0 Å². The fourth-order valence-electron chi connectivity index (χ4n) is 2.05. The molecule has 116 valence electrons. The Kier molecular flexibility index (Phi) is 4.60. The number of carbonyl (C=O) groups is 1. The molecule has 0 aliphatic rings. The molecule has 2 aromatic carbocycles. The van der Waals surface area contributed by atoms with E-state index in [4.69, 9.17) is 21.4 Å². The number of hydrogen-bond acceptors (Lipinski definition) is 4. The highest BCUT2D eigenvalue weighted by Gasteiger charge is 2.09. The first-order chi connectivity index (χ1) is 11.1. The SMILES string of the molecule is O=C(O)c1csc(COc2ccc(-c3ccccc3Cl)cc2)n1. The van der Waals surface area contributed by atoms with Gasteiger partial charge in [-0.1, -0.05) is 41.9 Å². The Balaban J connectivity index is 1.68. The van der Waals surface area contributed by atoms with Gasteiger partial charge in [0.25, 0.3) is 0 Å². The predicted octanol–water partition coefficient (Wildman–Crippen LogP) is 4.74. The lowest BCUT2D eigenvalue weighted by Crippen LogP contribution is -1.99. The monoisotopic (exact) mass is 345 g/mol. The molecular formula is C17H12ClNO3S. The quantitative estimate of drug-likeness (QED) is 0.725. The Morgan fingerprint density at radius 1 is 1.17 bits per heavy atom. The van der Waals surface area contributed by atoms with Gasteiger partial charge in [0.05, 0.1) is 0 Å². The Morgan fingerprint density at radius 3 is 2.57 bits per heavy atom. The third-order valence-electron chi connectivity index (χ3n) is 3.17. The van der Waals surface area contributed by atoms with Gasteiger partial charge in [-0.25, -0.2) is 9.78 Å². The zero-order valence-electron chi connectivity index (χ0n) is 11.9. The molecule has 1 aromatic heterocycles.